The lowest BCUT2D eigenvalue weighted by Crippen LogP contribution is -2.24. The van der Waals surface area contributed by atoms with E-state index < -0.39 is 0 Å². The van der Waals surface area contributed by atoms with Crippen LogP contribution in [0.15, 0.2) is 48.5 Å². The number of anilines is 2. The Bertz CT molecular complexity index is 705. The van der Waals surface area contributed by atoms with Gasteiger partial charge in [-0.3, -0.25) is 4.79 Å². The molecule has 0 atom stereocenters. The molecule has 1 fully saturated rings. The minimum absolute atomic E-state index is 0.0486. The van der Waals surface area contributed by atoms with E-state index in [0.29, 0.717) is 11.6 Å². The number of aryl methyl sites for hydroxylation is 1. The molecule has 2 N–H and O–H groups in total. The molecule has 3 heteroatoms. The molecular formula is C22H28N2O. The number of amides is 1. The minimum atomic E-state index is -0.0486. The van der Waals surface area contributed by atoms with Crippen LogP contribution in [-0.4, -0.2) is 11.9 Å². The van der Waals surface area contributed by atoms with Crippen molar-refractivity contribution in [2.24, 2.45) is 0 Å². The molecule has 2 aromatic carbocycles. The highest BCUT2D eigenvalue weighted by atomic mass is 16.1. The smallest absolute Gasteiger partial charge is 0.257 e. The van der Waals surface area contributed by atoms with Gasteiger partial charge in [0.25, 0.3) is 5.91 Å². The molecular weight excluding hydrogens is 308 g/mol. The second-order valence-electron chi connectivity index (χ2n) is 6.93. The highest BCUT2D eigenvalue weighted by Crippen LogP contribution is 2.24. The Kier molecular flexibility index (Phi) is 6.10. The third kappa shape index (κ3) is 4.85. The number of rotatable bonds is 6. The SMILES string of the molecule is CCCc1cccc(NC(=O)c2ccccc2NC2CCCCC2)c1. The van der Waals surface area contributed by atoms with E-state index >= 15 is 0 Å². The van der Waals surface area contributed by atoms with Crippen molar-refractivity contribution in [3.05, 3.63) is 59.7 Å². The van der Waals surface area contributed by atoms with E-state index in [1.54, 1.807) is 0 Å². The number of carbonyl (C=O) groups excluding carboxylic acids is 1. The van der Waals surface area contributed by atoms with E-state index in [1.807, 2.05) is 36.4 Å². The lowest BCUT2D eigenvalue weighted by molar-refractivity contribution is 0.102. The predicted octanol–water partition coefficient (Wildman–Crippen LogP) is 5.64. The topological polar surface area (TPSA) is 41.1 Å². The van der Waals surface area contributed by atoms with Gasteiger partial charge < -0.3 is 10.6 Å². The second-order valence-corrected chi connectivity index (χ2v) is 6.93. The van der Waals surface area contributed by atoms with Crippen molar-refractivity contribution in [1.82, 2.24) is 0 Å². The number of para-hydroxylation sites is 1. The molecule has 0 radical (unpaired) electrons. The van der Waals surface area contributed by atoms with Gasteiger partial charge in [-0.25, -0.2) is 0 Å². The molecule has 0 aliphatic heterocycles. The number of hydrogen-bond acceptors (Lipinski definition) is 2. The van der Waals surface area contributed by atoms with Gasteiger partial charge in [-0.05, 0) is 49.1 Å². The molecule has 1 aliphatic carbocycles. The molecule has 1 saturated carbocycles. The van der Waals surface area contributed by atoms with Gasteiger partial charge in [0.05, 0.1) is 5.56 Å². The van der Waals surface area contributed by atoms with Crippen molar-refractivity contribution < 1.29 is 4.79 Å². The summed E-state index contributed by atoms with van der Waals surface area (Å²) in [6.07, 6.45) is 8.39. The van der Waals surface area contributed by atoms with Crippen LogP contribution in [0, 0.1) is 0 Å². The van der Waals surface area contributed by atoms with Gasteiger partial charge >= 0.3 is 0 Å². The first kappa shape index (κ1) is 17.5. The maximum absolute atomic E-state index is 12.8. The summed E-state index contributed by atoms with van der Waals surface area (Å²) in [4.78, 5) is 12.8. The van der Waals surface area contributed by atoms with E-state index in [9.17, 15) is 4.79 Å². The molecule has 0 saturated heterocycles. The van der Waals surface area contributed by atoms with Gasteiger partial charge in [0, 0.05) is 17.4 Å². The Hall–Kier alpha value is -2.29. The average Bonchev–Trinajstić information content (AvgIpc) is 2.63. The quantitative estimate of drug-likeness (QED) is 0.717. The van der Waals surface area contributed by atoms with Crippen LogP contribution in [0.1, 0.15) is 61.4 Å². The van der Waals surface area contributed by atoms with Crippen LogP contribution in [0.3, 0.4) is 0 Å². The summed E-state index contributed by atoms with van der Waals surface area (Å²) in [6.45, 7) is 2.17. The van der Waals surface area contributed by atoms with Crippen LogP contribution in [0.5, 0.6) is 0 Å². The molecule has 1 aliphatic rings. The van der Waals surface area contributed by atoms with Crippen molar-refractivity contribution in [2.45, 2.75) is 57.9 Å². The Morgan fingerprint density at radius 1 is 1.04 bits per heavy atom. The average molecular weight is 336 g/mol. The maximum Gasteiger partial charge on any atom is 0.257 e. The summed E-state index contributed by atoms with van der Waals surface area (Å²) >= 11 is 0. The summed E-state index contributed by atoms with van der Waals surface area (Å²) in [5.41, 5.74) is 3.78. The van der Waals surface area contributed by atoms with Crippen LogP contribution >= 0.6 is 0 Å². The fourth-order valence-corrected chi connectivity index (χ4v) is 3.57. The number of nitrogens with one attached hydrogen (secondary N) is 2. The van der Waals surface area contributed by atoms with E-state index in [4.69, 9.17) is 0 Å². The maximum atomic E-state index is 12.8. The van der Waals surface area contributed by atoms with Crippen LogP contribution in [0.25, 0.3) is 0 Å². The molecule has 0 heterocycles. The first-order valence-electron chi connectivity index (χ1n) is 9.52. The summed E-state index contributed by atoms with van der Waals surface area (Å²) in [7, 11) is 0. The summed E-state index contributed by atoms with van der Waals surface area (Å²) in [5.74, 6) is -0.0486. The van der Waals surface area contributed by atoms with Gasteiger partial charge in [-0.1, -0.05) is 56.9 Å². The van der Waals surface area contributed by atoms with Crippen molar-refractivity contribution in [1.29, 1.82) is 0 Å². The van der Waals surface area contributed by atoms with Crippen molar-refractivity contribution in [3.63, 3.8) is 0 Å². The highest BCUT2D eigenvalue weighted by molar-refractivity contribution is 6.08. The van der Waals surface area contributed by atoms with Gasteiger partial charge in [0.15, 0.2) is 0 Å². The molecule has 132 valence electrons. The zero-order chi connectivity index (χ0) is 17.5. The van der Waals surface area contributed by atoms with Crippen LogP contribution in [-0.2, 0) is 6.42 Å². The molecule has 0 unspecified atom stereocenters. The number of carbonyl (C=O) groups is 1. The van der Waals surface area contributed by atoms with Gasteiger partial charge in [-0.2, -0.15) is 0 Å². The summed E-state index contributed by atoms with van der Waals surface area (Å²) in [6, 6.07) is 16.4. The Labute approximate surface area is 150 Å². The zero-order valence-corrected chi connectivity index (χ0v) is 15.1. The molecule has 3 rings (SSSR count). The van der Waals surface area contributed by atoms with Gasteiger partial charge in [0.1, 0.15) is 0 Å². The summed E-state index contributed by atoms with van der Waals surface area (Å²) in [5, 5.41) is 6.64. The standard InChI is InChI=1S/C22H28N2O/c1-2-9-17-10-8-13-19(16-17)24-22(25)20-14-6-7-15-21(20)23-18-11-4-3-5-12-18/h6-8,10,13-16,18,23H,2-5,9,11-12H2,1H3,(H,24,25). The number of benzene rings is 2. The normalized spacial score (nSPS) is 14.9. The Morgan fingerprint density at radius 2 is 1.84 bits per heavy atom. The summed E-state index contributed by atoms with van der Waals surface area (Å²) < 4.78 is 0. The molecule has 25 heavy (non-hydrogen) atoms. The van der Waals surface area contributed by atoms with Gasteiger partial charge in [0.2, 0.25) is 0 Å². The molecule has 0 spiro atoms. The van der Waals surface area contributed by atoms with E-state index in [1.165, 1.54) is 37.7 Å². The Morgan fingerprint density at radius 3 is 2.64 bits per heavy atom. The van der Waals surface area contributed by atoms with Crippen molar-refractivity contribution in [3.8, 4) is 0 Å². The lowest BCUT2D eigenvalue weighted by Gasteiger charge is -2.25. The van der Waals surface area contributed by atoms with E-state index in [2.05, 4.69) is 29.7 Å². The number of hydrogen-bond donors (Lipinski definition) is 2. The lowest BCUT2D eigenvalue weighted by atomic mass is 9.95. The first-order valence-corrected chi connectivity index (χ1v) is 9.52. The predicted molar refractivity (Wildman–Crippen MR) is 105 cm³/mol. The second kappa shape index (κ2) is 8.70. The molecule has 2 aromatic rings. The zero-order valence-electron chi connectivity index (χ0n) is 15.1. The van der Waals surface area contributed by atoms with Crippen molar-refractivity contribution in [2.75, 3.05) is 10.6 Å². The largest absolute Gasteiger partial charge is 0.382 e. The van der Waals surface area contributed by atoms with Crippen LogP contribution in [0.2, 0.25) is 0 Å². The highest BCUT2D eigenvalue weighted by Gasteiger charge is 2.17. The van der Waals surface area contributed by atoms with E-state index in [-0.39, 0.29) is 5.91 Å². The third-order valence-electron chi connectivity index (χ3n) is 4.86. The molecule has 0 bridgehead atoms. The molecule has 3 nitrogen and oxygen atoms in total. The monoisotopic (exact) mass is 336 g/mol. The van der Waals surface area contributed by atoms with E-state index in [0.717, 1.165) is 24.2 Å². The fourth-order valence-electron chi connectivity index (χ4n) is 3.57. The molecule has 0 aromatic heterocycles. The molecule has 1 amide bonds. The minimum Gasteiger partial charge on any atom is -0.382 e. The van der Waals surface area contributed by atoms with Crippen molar-refractivity contribution >= 4 is 17.3 Å². The fraction of sp³-hybridized carbons (Fsp3) is 0.409. The first-order chi connectivity index (χ1) is 12.3. The Balaban J connectivity index is 1.72. The third-order valence-corrected chi connectivity index (χ3v) is 4.86. The van der Waals surface area contributed by atoms with Crippen LogP contribution in [0.4, 0.5) is 11.4 Å². The van der Waals surface area contributed by atoms with Gasteiger partial charge in [-0.15, -0.1) is 0 Å². The van der Waals surface area contributed by atoms with Crippen LogP contribution < -0.4 is 10.6 Å².